The number of carbonyl (C=O) groups excluding carboxylic acids is 1. The molecule has 2 aliphatic rings. The Kier molecular flexibility index (Phi) is 19.4. The summed E-state index contributed by atoms with van der Waals surface area (Å²) in [5.41, 5.74) is 22.2. The third-order valence-electron chi connectivity index (χ3n) is 11.7. The quantitative estimate of drug-likeness (QED) is 0.0255. The van der Waals surface area contributed by atoms with Crippen LogP contribution in [0.2, 0.25) is 0 Å². The molecule has 0 radical (unpaired) electrons. The number of aromatic nitrogens is 10. The number of aliphatic hydroxyl groups is 2. The first-order valence-corrected chi connectivity index (χ1v) is 24.4. The third-order valence-corrected chi connectivity index (χ3v) is 13.3. The van der Waals surface area contributed by atoms with Crippen LogP contribution >= 0.6 is 19.6 Å². The van der Waals surface area contributed by atoms with E-state index in [0.717, 1.165) is 5.57 Å². The number of anilines is 2. The minimum absolute atomic E-state index is 0.198. The number of hydrogen-bond acceptors (Lipinski definition) is 23. The molecule has 25 nitrogen and oxygen atoms in total. The summed E-state index contributed by atoms with van der Waals surface area (Å²) in [7, 11) is 1.61. The number of aliphatic imine (C=N–C) groups is 1. The second kappa shape index (κ2) is 24.3. The van der Waals surface area contributed by atoms with Crippen molar-refractivity contribution in [1.82, 2.24) is 48.6 Å². The van der Waals surface area contributed by atoms with Crippen LogP contribution in [-0.2, 0) is 44.6 Å². The Bertz CT molecular complexity index is 2550. The maximum atomic E-state index is 11.7. The van der Waals surface area contributed by atoms with E-state index in [9.17, 15) is 15.1 Å². The first-order chi connectivity index (χ1) is 32.6. The summed E-state index contributed by atoms with van der Waals surface area (Å²) >= 11 is 8.14. The summed E-state index contributed by atoms with van der Waals surface area (Å²) in [5.74, 6) is 0.550. The number of carbonyl (C=O) groups is 1. The van der Waals surface area contributed by atoms with Crippen LogP contribution in [0.15, 0.2) is 42.2 Å². The van der Waals surface area contributed by atoms with Crippen molar-refractivity contribution < 1.29 is 52.4 Å². The van der Waals surface area contributed by atoms with Gasteiger partial charge in [-0.15, -0.1) is 0 Å². The molecule has 0 amide bonds. The number of imidazole rings is 3. The van der Waals surface area contributed by atoms with Gasteiger partial charge in [0.05, 0.1) is 49.5 Å². The third kappa shape index (κ3) is 11.5. The van der Waals surface area contributed by atoms with Gasteiger partial charge in [0.2, 0.25) is 0 Å². The van der Waals surface area contributed by atoms with E-state index in [4.69, 9.17) is 66.4 Å². The van der Waals surface area contributed by atoms with Crippen molar-refractivity contribution in [2.75, 3.05) is 31.8 Å². The fourth-order valence-corrected chi connectivity index (χ4v) is 9.55. The van der Waals surface area contributed by atoms with Crippen LogP contribution in [0.5, 0.6) is 0 Å². The molecule has 12 atom stereocenters. The van der Waals surface area contributed by atoms with Crippen LogP contribution < -0.4 is 17.2 Å². The van der Waals surface area contributed by atoms with Crippen LogP contribution in [-0.4, -0.2) is 144 Å². The second-order valence-corrected chi connectivity index (χ2v) is 18.7. The van der Waals surface area contributed by atoms with Crippen molar-refractivity contribution in [2.45, 2.75) is 122 Å². The van der Waals surface area contributed by atoms with Crippen LogP contribution in [0.4, 0.5) is 17.5 Å². The molecule has 0 saturated carbocycles. The van der Waals surface area contributed by atoms with Gasteiger partial charge in [-0.05, 0) is 76.2 Å². The molecule has 2 saturated heterocycles. The van der Waals surface area contributed by atoms with Gasteiger partial charge in [-0.2, -0.15) is 0 Å². The molecular weight excluding hydrogens is 948 g/mol. The zero-order valence-electron chi connectivity index (χ0n) is 38.7. The van der Waals surface area contributed by atoms with Crippen molar-refractivity contribution in [3.05, 3.63) is 42.9 Å². The molecule has 12 unspecified atom stereocenters. The molecule has 5 aromatic heterocycles. The van der Waals surface area contributed by atoms with Crippen LogP contribution in [0, 0.1) is 5.92 Å². The molecule has 0 bridgehead atoms. The molecule has 0 aromatic carbocycles. The van der Waals surface area contributed by atoms with E-state index in [1.165, 1.54) is 23.5 Å². The SMILES string of the molecule is C/C=N\c1c(/C(N)=C(\C)CC)ncn1C1OC(COP(O)(=S)OC(CC(C)COC2C(OC)C(CC)OC2n2cnc3c(N)ncnc32)C(C)n2cnc3c(N)ncnc32)C(O)C1O.C=O.OS. The van der Waals surface area contributed by atoms with Gasteiger partial charge in [-0.25, -0.2) is 39.9 Å². The Morgan fingerprint density at radius 1 is 0.941 bits per heavy atom. The van der Waals surface area contributed by atoms with Crippen molar-refractivity contribution in [3.63, 3.8) is 0 Å². The Hall–Kier alpha value is -4.61. The molecule has 374 valence electrons. The zero-order valence-corrected chi connectivity index (χ0v) is 41.3. The van der Waals surface area contributed by atoms with Crippen molar-refractivity contribution in [3.8, 4) is 0 Å². The maximum absolute atomic E-state index is 11.7. The fourth-order valence-electron chi connectivity index (χ4n) is 8.03. The van der Waals surface area contributed by atoms with Gasteiger partial charge in [-0.3, -0.25) is 9.13 Å². The van der Waals surface area contributed by atoms with E-state index in [2.05, 4.69) is 52.8 Å². The second-order valence-electron chi connectivity index (χ2n) is 15.9. The number of fused-ring (bicyclic) bond motifs is 2. The minimum Gasteiger partial charge on any atom is -0.397 e. The van der Waals surface area contributed by atoms with E-state index in [1.54, 1.807) is 42.0 Å². The number of ether oxygens (including phenoxy) is 4. The van der Waals surface area contributed by atoms with E-state index >= 15 is 0 Å². The van der Waals surface area contributed by atoms with E-state index in [0.29, 0.717) is 52.4 Å². The molecule has 0 aliphatic carbocycles. The average molecular weight is 1010 g/mol. The van der Waals surface area contributed by atoms with Gasteiger partial charge in [0.1, 0.15) is 66.7 Å². The number of thiol groups is 1. The first kappa shape index (κ1) is 54.3. The predicted molar refractivity (Wildman–Crippen MR) is 258 cm³/mol. The average Bonchev–Trinajstić information content (AvgIpc) is 4.18. The van der Waals surface area contributed by atoms with Gasteiger partial charge in [0.15, 0.2) is 41.2 Å². The van der Waals surface area contributed by atoms with Crippen molar-refractivity contribution in [1.29, 1.82) is 0 Å². The van der Waals surface area contributed by atoms with Crippen molar-refractivity contribution in [2.24, 2.45) is 16.6 Å². The summed E-state index contributed by atoms with van der Waals surface area (Å²) in [5, 5.41) is 22.4. The highest BCUT2D eigenvalue weighted by Gasteiger charge is 2.48. The van der Waals surface area contributed by atoms with E-state index in [-0.39, 0.29) is 36.7 Å². The Labute approximate surface area is 403 Å². The maximum Gasteiger partial charge on any atom is 0.324 e. The number of nitrogen functional groups attached to an aromatic ring is 2. The van der Waals surface area contributed by atoms with Gasteiger partial charge in [-0.1, -0.05) is 20.8 Å². The highest BCUT2D eigenvalue weighted by molar-refractivity contribution is 8.07. The van der Waals surface area contributed by atoms with Crippen LogP contribution in [0.3, 0.4) is 0 Å². The molecule has 7 rings (SSSR count). The molecule has 2 aliphatic heterocycles. The van der Waals surface area contributed by atoms with Gasteiger partial charge in [0, 0.05) is 19.9 Å². The lowest BCUT2D eigenvalue weighted by molar-refractivity contribution is -0.0980. The lowest BCUT2D eigenvalue weighted by Crippen LogP contribution is -2.37. The monoisotopic (exact) mass is 1010 g/mol. The number of rotatable bonds is 19. The Morgan fingerprint density at radius 2 is 1.56 bits per heavy atom. The van der Waals surface area contributed by atoms with Gasteiger partial charge < -0.3 is 74.2 Å². The van der Waals surface area contributed by atoms with Gasteiger partial charge >= 0.3 is 6.72 Å². The number of allylic oxidation sites excluding steroid dienone is 1. The highest BCUT2D eigenvalue weighted by Crippen LogP contribution is 2.49. The molecule has 28 heteroatoms. The number of methoxy groups -OCH3 is 1. The number of nitrogens with zero attached hydrogens (tertiary/aromatic N) is 11. The molecule has 5 aromatic rings. The molecule has 7 heterocycles. The standard InChI is InChI=1S/C39H57N14O9PS.CH2O.H2OS/c1-8-20(5)25(40)26-35(43-10-3)52(17-48-26)38-30(55)29(54)24(61-38)13-59-63(56,64)62-23(21(6)51-16-49-27-33(41)44-14-46-36(27)51)11-19(4)12-58-32-31(57-7)22(9-2)60-39(32)53-18-50-28-34(42)45-15-47-37(28)53;2*1-2/h10,14-19,21-24,29-32,38-39,54-55H,8-9,11-13,40H2,1-7H3,(H,56,64)(H2,41,44,46)(H2,42,45,47);1H2;1-2H/b25-20-,43-10-;;. The van der Waals surface area contributed by atoms with Crippen molar-refractivity contribution >= 4 is 89.9 Å². The largest absolute Gasteiger partial charge is 0.397 e. The summed E-state index contributed by atoms with van der Waals surface area (Å²) in [4.78, 5) is 54.4. The lowest BCUT2D eigenvalue weighted by atomic mass is 9.99. The van der Waals surface area contributed by atoms with Gasteiger partial charge in [0.25, 0.3) is 0 Å². The normalized spacial score (nSPS) is 25.4. The van der Waals surface area contributed by atoms with E-state index < -0.39 is 68.4 Å². The summed E-state index contributed by atoms with van der Waals surface area (Å²) < 4.78 is 49.2. The smallest absolute Gasteiger partial charge is 0.324 e. The molecular formula is C40H61N14O11PS2. The number of aliphatic hydroxyl groups excluding tert-OH is 2. The fraction of sp³-hybridized carbons (Fsp3) is 0.575. The Morgan fingerprint density at radius 3 is 2.19 bits per heavy atom. The molecule has 10 N–H and O–H groups in total. The predicted octanol–water partition coefficient (Wildman–Crippen LogP) is 3.29. The minimum atomic E-state index is -4.11. The molecule has 0 spiro atoms. The Balaban J connectivity index is 0.00000210. The zero-order chi connectivity index (χ0) is 50.0. The lowest BCUT2D eigenvalue weighted by Gasteiger charge is -2.32. The summed E-state index contributed by atoms with van der Waals surface area (Å²) in [6.45, 7) is 9.10. The number of hydrogen-bond donors (Lipinski definition) is 8. The van der Waals surface area contributed by atoms with Crippen LogP contribution in [0.25, 0.3) is 28.0 Å². The first-order valence-electron chi connectivity index (χ1n) is 21.5. The highest BCUT2D eigenvalue weighted by atomic mass is 32.5. The number of nitrogens with two attached hydrogens (primary N) is 3. The molecule has 2 fully saturated rings. The summed E-state index contributed by atoms with van der Waals surface area (Å²) in [6.07, 6.45) is 2.59. The van der Waals surface area contributed by atoms with Crippen LogP contribution in [0.1, 0.15) is 85.0 Å². The topological polar surface area (TPSA) is 349 Å². The summed E-state index contributed by atoms with van der Waals surface area (Å²) in [6, 6.07) is -0.550. The molecule has 68 heavy (non-hydrogen) atoms. The van der Waals surface area contributed by atoms with E-state index in [1.807, 2.05) is 41.4 Å².